The molecule has 6 heteroatoms. The Balaban J connectivity index is 1.54. The molecule has 23 heavy (non-hydrogen) atoms. The third-order valence-electron chi connectivity index (χ3n) is 3.86. The van der Waals surface area contributed by atoms with Crippen molar-refractivity contribution in [2.45, 2.75) is 32.6 Å². The van der Waals surface area contributed by atoms with Crippen LogP contribution in [0.3, 0.4) is 0 Å². The predicted molar refractivity (Wildman–Crippen MR) is 87.4 cm³/mol. The highest BCUT2D eigenvalue weighted by atomic mass is 16.5. The maximum absolute atomic E-state index is 12.3. The molecule has 1 fully saturated rings. The van der Waals surface area contributed by atoms with E-state index in [1.165, 1.54) is 0 Å². The number of carbonyl (C=O) groups excluding carboxylic acids is 1. The van der Waals surface area contributed by atoms with Crippen LogP contribution in [0.5, 0.6) is 0 Å². The second-order valence-corrected chi connectivity index (χ2v) is 5.94. The fourth-order valence-corrected chi connectivity index (χ4v) is 2.82. The van der Waals surface area contributed by atoms with Gasteiger partial charge in [-0.1, -0.05) is 12.1 Å². The van der Waals surface area contributed by atoms with Crippen LogP contribution in [-0.2, 0) is 11.3 Å². The quantitative estimate of drug-likeness (QED) is 0.945. The summed E-state index contributed by atoms with van der Waals surface area (Å²) in [5.41, 5.74) is 2.06. The first kappa shape index (κ1) is 15.6. The molecule has 1 N–H and O–H groups in total. The number of hydrogen-bond donors (Lipinski definition) is 1. The number of morpholine rings is 1. The number of ether oxygens (including phenoxy) is 1. The van der Waals surface area contributed by atoms with Gasteiger partial charge in [-0.3, -0.25) is 0 Å². The SMILES string of the molecule is C[C@H]1CN(C(=O)NCc2ccc(-n3cccn3)cc2)C[C@H](C)O1. The minimum Gasteiger partial charge on any atom is -0.372 e. The van der Waals surface area contributed by atoms with Gasteiger partial charge in [0.15, 0.2) is 0 Å². The maximum Gasteiger partial charge on any atom is 0.317 e. The van der Waals surface area contributed by atoms with E-state index in [9.17, 15) is 4.79 Å². The topological polar surface area (TPSA) is 59.4 Å². The molecule has 1 saturated heterocycles. The summed E-state index contributed by atoms with van der Waals surface area (Å²) >= 11 is 0. The van der Waals surface area contributed by atoms with E-state index in [4.69, 9.17) is 4.74 Å². The molecule has 3 rings (SSSR count). The Morgan fingerprint density at radius 2 is 1.96 bits per heavy atom. The zero-order valence-corrected chi connectivity index (χ0v) is 13.5. The maximum atomic E-state index is 12.3. The van der Waals surface area contributed by atoms with Crippen molar-refractivity contribution in [3.63, 3.8) is 0 Å². The van der Waals surface area contributed by atoms with E-state index < -0.39 is 0 Å². The Morgan fingerprint density at radius 3 is 2.57 bits per heavy atom. The van der Waals surface area contributed by atoms with Crippen LogP contribution in [0.15, 0.2) is 42.7 Å². The lowest BCUT2D eigenvalue weighted by molar-refractivity contribution is -0.0545. The number of amides is 2. The van der Waals surface area contributed by atoms with Gasteiger partial charge in [-0.15, -0.1) is 0 Å². The summed E-state index contributed by atoms with van der Waals surface area (Å²) in [7, 11) is 0. The Bertz CT molecular complexity index is 629. The summed E-state index contributed by atoms with van der Waals surface area (Å²) in [6.07, 6.45) is 3.81. The lowest BCUT2D eigenvalue weighted by atomic mass is 10.2. The van der Waals surface area contributed by atoms with E-state index in [0.717, 1.165) is 11.3 Å². The smallest absolute Gasteiger partial charge is 0.317 e. The van der Waals surface area contributed by atoms with Gasteiger partial charge in [0.05, 0.1) is 17.9 Å². The van der Waals surface area contributed by atoms with Crippen LogP contribution in [-0.4, -0.2) is 46.0 Å². The largest absolute Gasteiger partial charge is 0.372 e. The van der Waals surface area contributed by atoms with Crippen molar-refractivity contribution in [1.82, 2.24) is 20.0 Å². The number of nitrogens with zero attached hydrogens (tertiary/aromatic N) is 3. The van der Waals surface area contributed by atoms with Gasteiger partial charge in [0, 0.05) is 32.0 Å². The predicted octanol–water partition coefficient (Wildman–Crippen LogP) is 2.19. The highest BCUT2D eigenvalue weighted by Gasteiger charge is 2.25. The number of carbonyl (C=O) groups is 1. The van der Waals surface area contributed by atoms with Crippen molar-refractivity contribution in [1.29, 1.82) is 0 Å². The minimum atomic E-state index is -0.0387. The molecule has 0 aliphatic carbocycles. The molecule has 1 aromatic heterocycles. The van der Waals surface area contributed by atoms with Crippen LogP contribution in [0.1, 0.15) is 19.4 Å². The van der Waals surface area contributed by atoms with E-state index in [2.05, 4.69) is 10.4 Å². The second kappa shape index (κ2) is 6.83. The van der Waals surface area contributed by atoms with Gasteiger partial charge < -0.3 is 15.0 Å². The van der Waals surface area contributed by atoms with Crippen LogP contribution in [0, 0.1) is 0 Å². The molecule has 122 valence electrons. The van der Waals surface area contributed by atoms with Gasteiger partial charge >= 0.3 is 6.03 Å². The molecule has 1 aromatic carbocycles. The molecular weight excluding hydrogens is 292 g/mol. The molecule has 2 amide bonds. The minimum absolute atomic E-state index is 0.0387. The fourth-order valence-electron chi connectivity index (χ4n) is 2.82. The highest BCUT2D eigenvalue weighted by Crippen LogP contribution is 2.11. The lowest BCUT2D eigenvalue weighted by Crippen LogP contribution is -2.51. The number of urea groups is 1. The van der Waals surface area contributed by atoms with Crippen molar-refractivity contribution >= 4 is 6.03 Å². The molecule has 2 aromatic rings. The molecule has 2 heterocycles. The molecule has 1 aliphatic rings. The number of aromatic nitrogens is 2. The first-order valence-corrected chi connectivity index (χ1v) is 7.89. The van der Waals surface area contributed by atoms with Crippen LogP contribution >= 0.6 is 0 Å². The first-order chi connectivity index (χ1) is 11.1. The molecule has 0 unspecified atom stereocenters. The zero-order chi connectivity index (χ0) is 16.2. The van der Waals surface area contributed by atoms with Crippen molar-refractivity contribution in [2.24, 2.45) is 0 Å². The zero-order valence-electron chi connectivity index (χ0n) is 13.5. The Morgan fingerprint density at radius 1 is 1.26 bits per heavy atom. The summed E-state index contributed by atoms with van der Waals surface area (Å²) in [5, 5.41) is 7.17. The Labute approximate surface area is 136 Å². The summed E-state index contributed by atoms with van der Waals surface area (Å²) in [5.74, 6) is 0. The van der Waals surface area contributed by atoms with Crippen molar-refractivity contribution in [3.8, 4) is 5.69 Å². The average molecular weight is 314 g/mol. The number of nitrogens with one attached hydrogen (secondary N) is 1. The fraction of sp³-hybridized carbons (Fsp3) is 0.412. The summed E-state index contributed by atoms with van der Waals surface area (Å²) < 4.78 is 7.45. The van der Waals surface area contributed by atoms with Gasteiger partial charge in [0.1, 0.15) is 0 Å². The lowest BCUT2D eigenvalue weighted by Gasteiger charge is -2.35. The van der Waals surface area contributed by atoms with Crippen molar-refractivity contribution < 1.29 is 9.53 Å². The van der Waals surface area contributed by atoms with Gasteiger partial charge in [0.25, 0.3) is 0 Å². The standard InChI is InChI=1S/C17H22N4O2/c1-13-11-20(12-14(2)23-13)17(22)18-10-15-4-6-16(7-5-15)21-9-3-8-19-21/h3-9,13-14H,10-12H2,1-2H3,(H,18,22)/t13-,14-/m0/s1. The molecular formula is C17H22N4O2. The summed E-state index contributed by atoms with van der Waals surface area (Å²) in [4.78, 5) is 14.1. The van der Waals surface area contributed by atoms with E-state index in [1.54, 1.807) is 10.9 Å². The average Bonchev–Trinajstić information content (AvgIpc) is 3.06. The molecule has 1 aliphatic heterocycles. The van der Waals surface area contributed by atoms with Crippen molar-refractivity contribution in [3.05, 3.63) is 48.3 Å². The summed E-state index contributed by atoms with van der Waals surface area (Å²) in [6, 6.07) is 9.84. The molecule has 0 bridgehead atoms. The first-order valence-electron chi connectivity index (χ1n) is 7.89. The van der Waals surface area contributed by atoms with E-state index in [-0.39, 0.29) is 18.2 Å². The molecule has 6 nitrogen and oxygen atoms in total. The second-order valence-electron chi connectivity index (χ2n) is 5.94. The summed E-state index contributed by atoms with van der Waals surface area (Å²) in [6.45, 7) is 5.76. The highest BCUT2D eigenvalue weighted by molar-refractivity contribution is 5.74. The van der Waals surface area contributed by atoms with E-state index in [1.807, 2.05) is 55.3 Å². The van der Waals surface area contributed by atoms with E-state index >= 15 is 0 Å². The van der Waals surface area contributed by atoms with Crippen LogP contribution in [0.25, 0.3) is 5.69 Å². The van der Waals surface area contributed by atoms with Crippen LogP contribution in [0.2, 0.25) is 0 Å². The van der Waals surface area contributed by atoms with Gasteiger partial charge in [-0.25, -0.2) is 9.48 Å². The molecule has 2 atom stereocenters. The van der Waals surface area contributed by atoms with Gasteiger partial charge in [-0.2, -0.15) is 5.10 Å². The normalized spacial score (nSPS) is 21.2. The Kier molecular flexibility index (Phi) is 4.62. The number of hydrogen-bond acceptors (Lipinski definition) is 3. The Hall–Kier alpha value is -2.34. The third kappa shape index (κ3) is 3.90. The molecule has 0 saturated carbocycles. The van der Waals surface area contributed by atoms with E-state index in [0.29, 0.717) is 19.6 Å². The van der Waals surface area contributed by atoms with Crippen molar-refractivity contribution in [2.75, 3.05) is 13.1 Å². The molecule has 0 radical (unpaired) electrons. The number of rotatable bonds is 3. The van der Waals surface area contributed by atoms with Crippen LogP contribution < -0.4 is 5.32 Å². The van der Waals surface area contributed by atoms with Gasteiger partial charge in [-0.05, 0) is 37.6 Å². The third-order valence-corrected chi connectivity index (χ3v) is 3.86. The number of benzene rings is 1. The van der Waals surface area contributed by atoms with Gasteiger partial charge in [0.2, 0.25) is 0 Å². The monoisotopic (exact) mass is 314 g/mol. The molecule has 0 spiro atoms. The van der Waals surface area contributed by atoms with Crippen LogP contribution in [0.4, 0.5) is 4.79 Å².